The van der Waals surface area contributed by atoms with Crippen molar-refractivity contribution in [1.29, 1.82) is 0 Å². The molecule has 2 atom stereocenters. The number of carbonyl (C=O) groups is 3. The Hall–Kier alpha value is -3.93. The van der Waals surface area contributed by atoms with Crippen molar-refractivity contribution in [2.75, 3.05) is 0 Å². The van der Waals surface area contributed by atoms with E-state index < -0.39 is 29.6 Å². The smallest absolute Gasteiger partial charge is 0.411 e. The summed E-state index contributed by atoms with van der Waals surface area (Å²) in [5.74, 6) is -1.56. The maximum absolute atomic E-state index is 13.9. The van der Waals surface area contributed by atoms with E-state index in [1.54, 1.807) is 20.8 Å². The van der Waals surface area contributed by atoms with Gasteiger partial charge in [0, 0.05) is 6.54 Å². The number of benzene rings is 3. The van der Waals surface area contributed by atoms with Crippen molar-refractivity contribution >= 4 is 17.9 Å². The Balaban J connectivity index is 1.77. The van der Waals surface area contributed by atoms with E-state index in [9.17, 15) is 14.4 Å². The molecule has 0 spiro atoms. The maximum Gasteiger partial charge on any atom is 0.411 e. The average Bonchev–Trinajstić information content (AvgIpc) is 3.08. The van der Waals surface area contributed by atoms with E-state index in [0.29, 0.717) is 5.56 Å². The van der Waals surface area contributed by atoms with E-state index >= 15 is 0 Å². The molecule has 1 heterocycles. The van der Waals surface area contributed by atoms with Gasteiger partial charge in [0.15, 0.2) is 0 Å². The fraction of sp³-hybridized carbons (Fsp3) is 0.276. The Kier molecular flexibility index (Phi) is 7.01. The molecule has 1 saturated heterocycles. The first-order chi connectivity index (χ1) is 16.7. The molecule has 2 unspecified atom stereocenters. The third-order valence-electron chi connectivity index (χ3n) is 5.87. The number of nitrogens with zero attached hydrogens (tertiary/aromatic N) is 2. The third kappa shape index (κ3) is 5.60. The normalized spacial score (nSPS) is 18.0. The number of ether oxygens (including phenoxy) is 1. The zero-order valence-corrected chi connectivity index (χ0v) is 20.3. The molecule has 4 rings (SSSR count). The van der Waals surface area contributed by atoms with Crippen molar-refractivity contribution in [2.45, 2.75) is 51.4 Å². The first kappa shape index (κ1) is 24.2. The third-order valence-corrected chi connectivity index (χ3v) is 5.87. The molecule has 0 bridgehead atoms. The van der Waals surface area contributed by atoms with Gasteiger partial charge in [0.25, 0.3) is 5.91 Å². The van der Waals surface area contributed by atoms with Gasteiger partial charge in [-0.2, -0.15) is 0 Å². The average molecular weight is 471 g/mol. The van der Waals surface area contributed by atoms with Gasteiger partial charge in [-0.05, 0) is 37.5 Å². The molecule has 1 aliphatic heterocycles. The molecule has 0 N–H and O–H groups in total. The second-order valence-corrected chi connectivity index (χ2v) is 9.68. The van der Waals surface area contributed by atoms with Gasteiger partial charge in [-0.15, -0.1) is 0 Å². The van der Waals surface area contributed by atoms with Crippen molar-refractivity contribution in [3.63, 3.8) is 0 Å². The predicted octanol–water partition coefficient (Wildman–Crippen LogP) is 5.15. The fourth-order valence-corrected chi connectivity index (χ4v) is 4.31. The lowest BCUT2D eigenvalue weighted by Crippen LogP contribution is -2.48. The van der Waals surface area contributed by atoms with Crippen molar-refractivity contribution in [3.05, 3.63) is 108 Å². The highest BCUT2D eigenvalue weighted by Gasteiger charge is 2.52. The lowest BCUT2D eigenvalue weighted by molar-refractivity contribution is -0.140. The first-order valence-corrected chi connectivity index (χ1v) is 11.7. The van der Waals surface area contributed by atoms with Gasteiger partial charge in [-0.3, -0.25) is 19.4 Å². The van der Waals surface area contributed by atoms with Crippen LogP contribution in [0.15, 0.2) is 91.0 Å². The number of imide groups is 1. The summed E-state index contributed by atoms with van der Waals surface area (Å²) in [7, 11) is 0. The van der Waals surface area contributed by atoms with Gasteiger partial charge in [-0.25, -0.2) is 4.79 Å². The summed E-state index contributed by atoms with van der Waals surface area (Å²) < 4.78 is 5.71. The van der Waals surface area contributed by atoms with E-state index in [4.69, 9.17) is 4.74 Å². The van der Waals surface area contributed by atoms with Crippen LogP contribution in [0.4, 0.5) is 4.79 Å². The predicted molar refractivity (Wildman–Crippen MR) is 133 cm³/mol. The van der Waals surface area contributed by atoms with Crippen molar-refractivity contribution in [1.82, 2.24) is 9.80 Å². The van der Waals surface area contributed by atoms with Crippen LogP contribution in [0.2, 0.25) is 0 Å². The van der Waals surface area contributed by atoms with Crippen LogP contribution in [-0.4, -0.2) is 39.4 Å². The number of amides is 3. The topological polar surface area (TPSA) is 66.9 Å². The van der Waals surface area contributed by atoms with Crippen LogP contribution in [0.25, 0.3) is 0 Å². The number of hydrogen-bond donors (Lipinski definition) is 0. The number of hydrogen-bond acceptors (Lipinski definition) is 4. The van der Waals surface area contributed by atoms with Crippen LogP contribution in [0.1, 0.15) is 43.4 Å². The van der Waals surface area contributed by atoms with E-state index in [2.05, 4.69) is 0 Å². The lowest BCUT2D eigenvalue weighted by atomic mass is 9.92. The summed E-state index contributed by atoms with van der Waals surface area (Å²) >= 11 is 0. The molecule has 0 radical (unpaired) electrons. The van der Waals surface area contributed by atoms with Crippen molar-refractivity contribution < 1.29 is 19.1 Å². The minimum absolute atomic E-state index is 0.141. The van der Waals surface area contributed by atoms with Crippen LogP contribution in [-0.2, 0) is 27.4 Å². The van der Waals surface area contributed by atoms with E-state index in [-0.39, 0.29) is 19.0 Å². The summed E-state index contributed by atoms with van der Waals surface area (Å²) in [5.41, 5.74) is 1.61. The van der Waals surface area contributed by atoms with E-state index in [0.717, 1.165) is 11.1 Å². The maximum atomic E-state index is 13.9. The summed E-state index contributed by atoms with van der Waals surface area (Å²) in [6.07, 6.45) is -0.630. The van der Waals surface area contributed by atoms with Gasteiger partial charge < -0.3 is 4.74 Å². The van der Waals surface area contributed by atoms with Gasteiger partial charge in [0.2, 0.25) is 5.91 Å². The van der Waals surface area contributed by atoms with Crippen LogP contribution in [0.3, 0.4) is 0 Å². The van der Waals surface area contributed by atoms with Crippen LogP contribution >= 0.6 is 0 Å². The summed E-state index contributed by atoms with van der Waals surface area (Å²) in [6, 6.07) is 26.9. The minimum Gasteiger partial charge on any atom is -0.444 e. The molecule has 3 amide bonds. The summed E-state index contributed by atoms with van der Waals surface area (Å²) in [6.45, 7) is 5.63. The SMILES string of the molecule is CC(C)(C)OC(=O)N(Cc1ccccc1)C1C(=O)N(Cc2ccccc2)C(=O)C1c1ccccc1. The highest BCUT2D eigenvalue weighted by molar-refractivity contribution is 6.10. The number of likely N-dealkylation sites (tertiary alicyclic amines) is 1. The zero-order chi connectivity index (χ0) is 25.0. The Labute approximate surface area is 206 Å². The van der Waals surface area contributed by atoms with Crippen molar-refractivity contribution in [2.24, 2.45) is 0 Å². The highest BCUT2D eigenvalue weighted by atomic mass is 16.6. The number of rotatable bonds is 6. The van der Waals surface area contributed by atoms with Crippen LogP contribution < -0.4 is 0 Å². The largest absolute Gasteiger partial charge is 0.444 e. The van der Waals surface area contributed by atoms with Gasteiger partial charge in [0.05, 0.1) is 12.5 Å². The van der Waals surface area contributed by atoms with Gasteiger partial charge in [-0.1, -0.05) is 91.0 Å². The Morgan fingerprint density at radius 3 is 1.86 bits per heavy atom. The van der Waals surface area contributed by atoms with Crippen LogP contribution in [0.5, 0.6) is 0 Å². The standard InChI is InChI=1S/C29H30N2O4/c1-29(2,3)35-28(34)30(19-21-13-7-4-8-14-21)25-24(23-17-11-6-12-18-23)26(32)31(27(25)33)20-22-15-9-5-10-16-22/h4-18,24-25H,19-20H2,1-3H3. The van der Waals surface area contributed by atoms with Crippen LogP contribution in [0, 0.1) is 0 Å². The first-order valence-electron chi connectivity index (χ1n) is 11.7. The molecule has 180 valence electrons. The molecule has 6 nitrogen and oxygen atoms in total. The van der Waals surface area contributed by atoms with E-state index in [1.165, 1.54) is 9.80 Å². The zero-order valence-electron chi connectivity index (χ0n) is 20.3. The second kappa shape index (κ2) is 10.1. The minimum atomic E-state index is -1.02. The summed E-state index contributed by atoms with van der Waals surface area (Å²) in [4.78, 5) is 43.7. The fourth-order valence-electron chi connectivity index (χ4n) is 4.31. The van der Waals surface area contributed by atoms with E-state index in [1.807, 2.05) is 91.0 Å². The number of carbonyl (C=O) groups excluding carboxylic acids is 3. The molecule has 0 aliphatic carbocycles. The Bertz CT molecular complexity index is 1170. The molecule has 0 aromatic heterocycles. The van der Waals surface area contributed by atoms with Gasteiger partial charge >= 0.3 is 6.09 Å². The second-order valence-electron chi connectivity index (χ2n) is 9.68. The molecule has 1 aliphatic rings. The lowest BCUT2D eigenvalue weighted by Gasteiger charge is -2.32. The van der Waals surface area contributed by atoms with Crippen molar-refractivity contribution in [3.8, 4) is 0 Å². The Morgan fingerprint density at radius 1 is 0.800 bits per heavy atom. The quantitative estimate of drug-likeness (QED) is 0.468. The molecule has 3 aromatic rings. The molecule has 0 saturated carbocycles. The molecular formula is C29H30N2O4. The Morgan fingerprint density at radius 2 is 1.31 bits per heavy atom. The van der Waals surface area contributed by atoms with Gasteiger partial charge in [0.1, 0.15) is 11.6 Å². The molecule has 35 heavy (non-hydrogen) atoms. The molecule has 3 aromatic carbocycles. The molecule has 1 fully saturated rings. The highest BCUT2D eigenvalue weighted by Crippen LogP contribution is 2.36. The molecular weight excluding hydrogens is 440 g/mol. The summed E-state index contributed by atoms with van der Waals surface area (Å²) in [5, 5.41) is 0. The monoisotopic (exact) mass is 470 g/mol. The molecule has 6 heteroatoms.